The number of ether oxygens (including phenoxy) is 1. The van der Waals surface area contributed by atoms with Gasteiger partial charge in [0.2, 0.25) is 0 Å². The highest BCUT2D eigenvalue weighted by molar-refractivity contribution is 9.11. The van der Waals surface area contributed by atoms with Crippen LogP contribution in [0.4, 0.5) is 4.39 Å². The Balaban J connectivity index is 2.00. The summed E-state index contributed by atoms with van der Waals surface area (Å²) < 4.78 is 48.2. The van der Waals surface area contributed by atoms with Crippen LogP contribution in [0.25, 0.3) is 0 Å². The summed E-state index contributed by atoms with van der Waals surface area (Å²) in [6.07, 6.45) is 0.921. The molecule has 2 aromatic rings. The van der Waals surface area contributed by atoms with Crippen molar-refractivity contribution in [3.63, 3.8) is 0 Å². The lowest BCUT2D eigenvalue weighted by Crippen LogP contribution is -2.49. The second-order valence-electron chi connectivity index (χ2n) is 5.37. The Labute approximate surface area is 146 Å². The first-order chi connectivity index (χ1) is 10.9. The average molecular weight is 420 g/mol. The minimum atomic E-state index is -3.70. The third-order valence-corrected chi connectivity index (χ3v) is 7.52. The first-order valence-electron chi connectivity index (χ1n) is 7.04. The normalized spacial score (nSPS) is 18.0. The van der Waals surface area contributed by atoms with Gasteiger partial charge >= 0.3 is 0 Å². The van der Waals surface area contributed by atoms with Gasteiger partial charge in [-0.05, 0) is 58.6 Å². The van der Waals surface area contributed by atoms with Gasteiger partial charge in [0.1, 0.15) is 10.0 Å². The Kier molecular flexibility index (Phi) is 4.89. The van der Waals surface area contributed by atoms with Crippen LogP contribution in [-0.4, -0.2) is 21.6 Å². The molecule has 23 heavy (non-hydrogen) atoms. The molecule has 0 bridgehead atoms. The predicted molar refractivity (Wildman–Crippen MR) is 90.5 cm³/mol. The summed E-state index contributed by atoms with van der Waals surface area (Å²) in [5.41, 5.74) is -0.227. The molecule has 1 aliphatic heterocycles. The number of sulfonamides is 1. The highest BCUT2D eigenvalue weighted by Crippen LogP contribution is 2.35. The molecule has 124 valence electrons. The fourth-order valence-electron chi connectivity index (χ4n) is 2.71. The summed E-state index contributed by atoms with van der Waals surface area (Å²) in [7, 11) is -3.70. The lowest BCUT2D eigenvalue weighted by Gasteiger charge is -2.38. The number of hydrogen-bond donors (Lipinski definition) is 1. The quantitative estimate of drug-likeness (QED) is 0.822. The fourth-order valence-corrected chi connectivity index (χ4v) is 6.16. The molecule has 3 rings (SSSR count). The topological polar surface area (TPSA) is 55.4 Å². The molecule has 0 radical (unpaired) electrons. The van der Waals surface area contributed by atoms with E-state index in [9.17, 15) is 12.8 Å². The molecule has 0 saturated carbocycles. The number of hydrogen-bond acceptors (Lipinski definition) is 4. The Morgan fingerprint density at radius 3 is 2.57 bits per heavy atom. The van der Waals surface area contributed by atoms with E-state index in [1.807, 2.05) is 0 Å². The molecular formula is C15H15BrFNO3S2. The monoisotopic (exact) mass is 419 g/mol. The van der Waals surface area contributed by atoms with E-state index in [0.29, 0.717) is 31.6 Å². The molecule has 1 saturated heterocycles. The van der Waals surface area contributed by atoms with Crippen molar-refractivity contribution in [1.29, 1.82) is 0 Å². The Morgan fingerprint density at radius 2 is 1.96 bits per heavy atom. The number of rotatable bonds is 4. The van der Waals surface area contributed by atoms with Gasteiger partial charge in [0.25, 0.3) is 10.0 Å². The molecule has 1 aliphatic rings. The van der Waals surface area contributed by atoms with Crippen LogP contribution in [0.2, 0.25) is 0 Å². The standard InChI is InChI=1S/C15H15BrFNO3S2/c16-13-4-5-14(22-13)23(19,20)18-15(6-8-21-9-7-15)11-2-1-3-12(17)10-11/h1-5,10,18H,6-9H2. The van der Waals surface area contributed by atoms with Gasteiger partial charge in [-0.3, -0.25) is 0 Å². The third kappa shape index (κ3) is 3.66. The van der Waals surface area contributed by atoms with Crippen LogP contribution in [0.3, 0.4) is 0 Å². The maximum atomic E-state index is 13.6. The molecule has 4 nitrogen and oxygen atoms in total. The molecule has 1 fully saturated rings. The van der Waals surface area contributed by atoms with E-state index in [1.165, 1.54) is 12.1 Å². The van der Waals surface area contributed by atoms with Crippen molar-refractivity contribution in [3.8, 4) is 0 Å². The second-order valence-corrected chi connectivity index (χ2v) is 9.74. The van der Waals surface area contributed by atoms with Crippen molar-refractivity contribution in [3.05, 3.63) is 51.6 Å². The lowest BCUT2D eigenvalue weighted by atomic mass is 9.84. The largest absolute Gasteiger partial charge is 0.381 e. The van der Waals surface area contributed by atoms with E-state index in [0.717, 1.165) is 15.1 Å². The van der Waals surface area contributed by atoms with Crippen LogP contribution in [0.1, 0.15) is 18.4 Å². The predicted octanol–water partition coefficient (Wildman–Crippen LogP) is 3.63. The van der Waals surface area contributed by atoms with Crippen molar-refractivity contribution in [2.24, 2.45) is 0 Å². The number of nitrogens with one attached hydrogen (secondary N) is 1. The minimum Gasteiger partial charge on any atom is -0.381 e. The Hall–Kier alpha value is -0.800. The molecule has 1 aromatic carbocycles. The van der Waals surface area contributed by atoms with Gasteiger partial charge < -0.3 is 4.74 Å². The second kappa shape index (κ2) is 6.60. The van der Waals surface area contributed by atoms with Gasteiger partial charge in [0, 0.05) is 13.2 Å². The Morgan fingerprint density at radius 1 is 1.22 bits per heavy atom. The summed E-state index contributed by atoms with van der Waals surface area (Å²) in [6.45, 7) is 0.848. The molecule has 0 spiro atoms. The third-order valence-electron chi connectivity index (χ3n) is 3.87. The van der Waals surface area contributed by atoms with Crippen molar-refractivity contribution < 1.29 is 17.5 Å². The van der Waals surface area contributed by atoms with Crippen molar-refractivity contribution in [2.75, 3.05) is 13.2 Å². The van der Waals surface area contributed by atoms with Gasteiger partial charge in [0.05, 0.1) is 9.33 Å². The molecule has 0 unspecified atom stereocenters. The van der Waals surface area contributed by atoms with Crippen LogP contribution in [0, 0.1) is 5.82 Å². The Bertz CT molecular complexity index is 801. The first kappa shape index (κ1) is 17.0. The van der Waals surface area contributed by atoms with E-state index < -0.39 is 15.6 Å². The number of benzene rings is 1. The van der Waals surface area contributed by atoms with E-state index in [2.05, 4.69) is 20.7 Å². The van der Waals surface area contributed by atoms with Crippen LogP contribution >= 0.6 is 27.3 Å². The molecule has 0 atom stereocenters. The molecule has 8 heteroatoms. The first-order valence-corrected chi connectivity index (χ1v) is 10.1. The lowest BCUT2D eigenvalue weighted by molar-refractivity contribution is 0.0458. The molecule has 0 aliphatic carbocycles. The maximum absolute atomic E-state index is 13.6. The highest BCUT2D eigenvalue weighted by Gasteiger charge is 2.39. The highest BCUT2D eigenvalue weighted by atomic mass is 79.9. The molecule has 2 heterocycles. The summed E-state index contributed by atoms with van der Waals surface area (Å²) in [4.78, 5) is 0. The summed E-state index contributed by atoms with van der Waals surface area (Å²) in [5, 5.41) is 0. The van der Waals surface area contributed by atoms with Gasteiger partial charge in [-0.25, -0.2) is 12.8 Å². The number of thiophene rings is 1. The van der Waals surface area contributed by atoms with E-state index >= 15 is 0 Å². The maximum Gasteiger partial charge on any atom is 0.250 e. The van der Waals surface area contributed by atoms with Gasteiger partial charge in [-0.15, -0.1) is 11.3 Å². The van der Waals surface area contributed by atoms with E-state index in [1.54, 1.807) is 24.3 Å². The zero-order valence-corrected chi connectivity index (χ0v) is 15.3. The van der Waals surface area contributed by atoms with Gasteiger partial charge in [0.15, 0.2) is 0 Å². The summed E-state index contributed by atoms with van der Waals surface area (Å²) >= 11 is 4.42. The van der Waals surface area contributed by atoms with Crippen molar-refractivity contribution >= 4 is 37.3 Å². The van der Waals surface area contributed by atoms with Crippen LogP contribution < -0.4 is 4.72 Å². The van der Waals surface area contributed by atoms with Crippen LogP contribution in [0.15, 0.2) is 44.4 Å². The number of halogens is 2. The van der Waals surface area contributed by atoms with Crippen molar-refractivity contribution in [1.82, 2.24) is 4.72 Å². The minimum absolute atomic E-state index is 0.228. The summed E-state index contributed by atoms with van der Waals surface area (Å²) in [6, 6.07) is 9.33. The average Bonchev–Trinajstić information content (AvgIpc) is 2.95. The summed E-state index contributed by atoms with van der Waals surface area (Å²) in [5.74, 6) is -0.383. The van der Waals surface area contributed by atoms with Gasteiger partial charge in [-0.2, -0.15) is 4.72 Å². The molecule has 1 aromatic heterocycles. The molecule has 0 amide bonds. The van der Waals surface area contributed by atoms with Crippen LogP contribution in [0.5, 0.6) is 0 Å². The molecular weight excluding hydrogens is 405 g/mol. The molecule has 1 N–H and O–H groups in total. The van der Waals surface area contributed by atoms with Crippen LogP contribution in [-0.2, 0) is 20.3 Å². The fraction of sp³-hybridized carbons (Fsp3) is 0.333. The zero-order chi connectivity index (χ0) is 16.5. The van der Waals surface area contributed by atoms with Crippen molar-refractivity contribution in [2.45, 2.75) is 22.6 Å². The van der Waals surface area contributed by atoms with E-state index in [-0.39, 0.29) is 10.0 Å². The van der Waals surface area contributed by atoms with Gasteiger partial charge in [-0.1, -0.05) is 12.1 Å². The smallest absolute Gasteiger partial charge is 0.250 e. The van der Waals surface area contributed by atoms with E-state index in [4.69, 9.17) is 4.74 Å². The SMILES string of the molecule is O=S(=O)(NC1(c2cccc(F)c2)CCOCC1)c1ccc(Br)s1. The zero-order valence-electron chi connectivity index (χ0n) is 12.1.